The van der Waals surface area contributed by atoms with Crippen molar-refractivity contribution in [3.05, 3.63) is 24.1 Å². The first kappa shape index (κ1) is 16.5. The van der Waals surface area contributed by atoms with E-state index in [-0.39, 0.29) is 24.9 Å². The van der Waals surface area contributed by atoms with Gasteiger partial charge in [-0.2, -0.15) is 0 Å². The molecule has 1 atom stereocenters. The Bertz CT molecular complexity index is 563. The Hall–Kier alpha value is -1.54. The standard InChI is InChI=1S/C12H18FN3O3S/c1-3-9(2)16-11(17)6-8-15-20(18,19)12-10(13)5-4-7-14-12/h4-5,7,9,15H,3,6,8H2,1-2H3,(H,16,17). The molecular formula is C12H18FN3O3S. The van der Waals surface area contributed by atoms with Gasteiger partial charge in [-0.1, -0.05) is 6.92 Å². The summed E-state index contributed by atoms with van der Waals surface area (Å²) in [6.45, 7) is 3.67. The van der Waals surface area contributed by atoms with Crippen LogP contribution < -0.4 is 10.0 Å². The first-order chi connectivity index (χ1) is 9.36. The zero-order valence-corrected chi connectivity index (χ0v) is 12.2. The highest BCUT2D eigenvalue weighted by molar-refractivity contribution is 7.89. The number of hydrogen-bond acceptors (Lipinski definition) is 4. The molecule has 20 heavy (non-hydrogen) atoms. The highest BCUT2D eigenvalue weighted by Gasteiger charge is 2.20. The topological polar surface area (TPSA) is 88.2 Å². The summed E-state index contributed by atoms with van der Waals surface area (Å²) in [5.41, 5.74) is 0. The van der Waals surface area contributed by atoms with Gasteiger partial charge in [0.1, 0.15) is 0 Å². The predicted molar refractivity (Wildman–Crippen MR) is 71.9 cm³/mol. The summed E-state index contributed by atoms with van der Waals surface area (Å²) in [7, 11) is -4.04. The van der Waals surface area contributed by atoms with Crippen molar-refractivity contribution in [3.63, 3.8) is 0 Å². The van der Waals surface area contributed by atoms with Gasteiger partial charge in [0.05, 0.1) is 0 Å². The molecule has 1 rings (SSSR count). The molecule has 0 saturated heterocycles. The molecule has 0 fully saturated rings. The second-order valence-electron chi connectivity index (χ2n) is 4.31. The van der Waals surface area contributed by atoms with Gasteiger partial charge in [-0.25, -0.2) is 22.5 Å². The van der Waals surface area contributed by atoms with Crippen molar-refractivity contribution in [1.82, 2.24) is 15.0 Å². The lowest BCUT2D eigenvalue weighted by molar-refractivity contribution is -0.121. The highest BCUT2D eigenvalue weighted by Crippen LogP contribution is 2.09. The number of aromatic nitrogens is 1. The van der Waals surface area contributed by atoms with Gasteiger partial charge in [-0.05, 0) is 25.5 Å². The minimum absolute atomic E-state index is 0.0159. The average molecular weight is 303 g/mol. The first-order valence-corrected chi connectivity index (χ1v) is 7.74. The molecule has 0 aliphatic rings. The number of nitrogens with one attached hydrogen (secondary N) is 2. The molecule has 1 aromatic rings. The summed E-state index contributed by atoms with van der Waals surface area (Å²) < 4.78 is 39.0. The molecule has 0 bridgehead atoms. The van der Waals surface area contributed by atoms with E-state index < -0.39 is 20.9 Å². The fraction of sp³-hybridized carbons (Fsp3) is 0.500. The average Bonchev–Trinajstić information content (AvgIpc) is 2.38. The Morgan fingerprint density at radius 3 is 2.80 bits per heavy atom. The molecule has 0 radical (unpaired) electrons. The number of carbonyl (C=O) groups excluding carboxylic acids is 1. The van der Waals surface area contributed by atoms with Crippen LogP contribution in [0.1, 0.15) is 26.7 Å². The van der Waals surface area contributed by atoms with Gasteiger partial charge in [0.25, 0.3) is 10.0 Å². The van der Waals surface area contributed by atoms with Crippen molar-refractivity contribution >= 4 is 15.9 Å². The lowest BCUT2D eigenvalue weighted by Crippen LogP contribution is -2.35. The molecule has 6 nitrogen and oxygen atoms in total. The van der Waals surface area contributed by atoms with Gasteiger partial charge in [-0.3, -0.25) is 4.79 Å². The molecule has 0 aliphatic heterocycles. The summed E-state index contributed by atoms with van der Waals surface area (Å²) in [4.78, 5) is 14.9. The van der Waals surface area contributed by atoms with Gasteiger partial charge in [0.2, 0.25) is 10.9 Å². The third-order valence-electron chi connectivity index (χ3n) is 2.64. The SMILES string of the molecule is CCC(C)NC(=O)CCNS(=O)(=O)c1ncccc1F. The number of pyridine rings is 1. The minimum atomic E-state index is -4.04. The third-order valence-corrected chi connectivity index (χ3v) is 4.04. The molecule has 1 aromatic heterocycles. The zero-order valence-electron chi connectivity index (χ0n) is 11.4. The van der Waals surface area contributed by atoms with E-state index in [0.29, 0.717) is 0 Å². The molecule has 0 aromatic carbocycles. The number of nitrogens with zero attached hydrogens (tertiary/aromatic N) is 1. The Morgan fingerprint density at radius 2 is 2.20 bits per heavy atom. The van der Waals surface area contributed by atoms with E-state index in [1.807, 2.05) is 13.8 Å². The fourth-order valence-electron chi connectivity index (χ4n) is 1.39. The van der Waals surface area contributed by atoms with Crippen molar-refractivity contribution < 1.29 is 17.6 Å². The van der Waals surface area contributed by atoms with Crippen LogP contribution in [0.4, 0.5) is 4.39 Å². The largest absolute Gasteiger partial charge is 0.354 e. The number of rotatable bonds is 7. The molecule has 112 valence electrons. The summed E-state index contributed by atoms with van der Waals surface area (Å²) in [6.07, 6.45) is 1.96. The number of carbonyl (C=O) groups is 1. The lowest BCUT2D eigenvalue weighted by atomic mass is 10.2. The van der Waals surface area contributed by atoms with Gasteiger partial charge in [0, 0.05) is 25.2 Å². The Labute approximate surface area is 117 Å². The molecule has 1 amide bonds. The zero-order chi connectivity index (χ0) is 15.2. The minimum Gasteiger partial charge on any atom is -0.354 e. The lowest BCUT2D eigenvalue weighted by Gasteiger charge is -2.11. The molecule has 0 spiro atoms. The summed E-state index contributed by atoms with van der Waals surface area (Å²) >= 11 is 0. The summed E-state index contributed by atoms with van der Waals surface area (Å²) in [6, 6.07) is 2.35. The van der Waals surface area contributed by atoms with Crippen LogP contribution >= 0.6 is 0 Å². The Morgan fingerprint density at radius 1 is 1.50 bits per heavy atom. The van der Waals surface area contributed by atoms with Crippen LogP contribution in [0.25, 0.3) is 0 Å². The van der Waals surface area contributed by atoms with E-state index in [4.69, 9.17) is 0 Å². The molecular weight excluding hydrogens is 285 g/mol. The molecule has 8 heteroatoms. The number of amides is 1. The van der Waals surface area contributed by atoms with Crippen LogP contribution in [0.2, 0.25) is 0 Å². The quantitative estimate of drug-likeness (QED) is 0.780. The van der Waals surface area contributed by atoms with Crippen LogP contribution in [0.5, 0.6) is 0 Å². The highest BCUT2D eigenvalue weighted by atomic mass is 32.2. The normalized spacial score (nSPS) is 12.9. The second kappa shape index (κ2) is 7.30. The monoisotopic (exact) mass is 303 g/mol. The van der Waals surface area contributed by atoms with Crippen molar-refractivity contribution in [3.8, 4) is 0 Å². The Balaban J connectivity index is 2.53. The van der Waals surface area contributed by atoms with Crippen molar-refractivity contribution in [2.45, 2.75) is 37.8 Å². The number of sulfonamides is 1. The number of hydrogen-bond donors (Lipinski definition) is 2. The van der Waals surface area contributed by atoms with Gasteiger partial charge in [-0.15, -0.1) is 0 Å². The molecule has 0 saturated carbocycles. The summed E-state index contributed by atoms with van der Waals surface area (Å²) in [5.74, 6) is -1.19. The van der Waals surface area contributed by atoms with E-state index in [0.717, 1.165) is 12.5 Å². The molecule has 0 aliphatic carbocycles. The van der Waals surface area contributed by atoms with Crippen molar-refractivity contribution in [2.75, 3.05) is 6.54 Å². The van der Waals surface area contributed by atoms with Crippen LogP contribution in [-0.4, -0.2) is 31.9 Å². The van der Waals surface area contributed by atoms with E-state index in [9.17, 15) is 17.6 Å². The maximum Gasteiger partial charge on any atom is 0.261 e. The first-order valence-electron chi connectivity index (χ1n) is 6.26. The molecule has 1 unspecified atom stereocenters. The van der Waals surface area contributed by atoms with Crippen LogP contribution in [-0.2, 0) is 14.8 Å². The van der Waals surface area contributed by atoms with Gasteiger partial charge >= 0.3 is 0 Å². The maximum absolute atomic E-state index is 13.3. The molecule has 1 heterocycles. The second-order valence-corrected chi connectivity index (χ2v) is 6.00. The van der Waals surface area contributed by atoms with Crippen LogP contribution in [0.15, 0.2) is 23.4 Å². The molecule has 2 N–H and O–H groups in total. The van der Waals surface area contributed by atoms with Gasteiger partial charge in [0.15, 0.2) is 5.82 Å². The Kier molecular flexibility index (Phi) is 6.03. The smallest absolute Gasteiger partial charge is 0.261 e. The third kappa shape index (κ3) is 4.86. The van der Waals surface area contributed by atoms with Crippen molar-refractivity contribution in [1.29, 1.82) is 0 Å². The van der Waals surface area contributed by atoms with Crippen LogP contribution in [0, 0.1) is 5.82 Å². The van der Waals surface area contributed by atoms with Crippen molar-refractivity contribution in [2.24, 2.45) is 0 Å². The van der Waals surface area contributed by atoms with E-state index in [2.05, 4.69) is 15.0 Å². The number of halogens is 1. The maximum atomic E-state index is 13.3. The van der Waals surface area contributed by atoms with E-state index in [1.54, 1.807) is 0 Å². The summed E-state index contributed by atoms with van der Waals surface area (Å²) in [5, 5.41) is 2.04. The fourth-order valence-corrected chi connectivity index (χ4v) is 2.42. The van der Waals surface area contributed by atoms with Gasteiger partial charge < -0.3 is 5.32 Å². The predicted octanol–water partition coefficient (Wildman–Crippen LogP) is 0.804. The van der Waals surface area contributed by atoms with E-state index in [1.165, 1.54) is 12.3 Å². The van der Waals surface area contributed by atoms with E-state index >= 15 is 0 Å². The van der Waals surface area contributed by atoms with Crippen LogP contribution in [0.3, 0.4) is 0 Å².